The Labute approximate surface area is 191 Å². The summed E-state index contributed by atoms with van der Waals surface area (Å²) in [5.74, 6) is -1.82. The second kappa shape index (κ2) is 7.93. The van der Waals surface area contributed by atoms with Gasteiger partial charge in [0, 0.05) is 11.3 Å². The molecule has 9 heteroatoms. The molecule has 1 aliphatic rings. The molecule has 4 rings (SSSR count). The van der Waals surface area contributed by atoms with E-state index in [1.165, 1.54) is 12.1 Å². The number of benzene rings is 3. The van der Waals surface area contributed by atoms with Crippen LogP contribution in [0.1, 0.15) is 31.1 Å². The largest absolute Gasteiger partial charge is 0.322 e. The number of imide groups is 1. The number of fused-ring (bicyclic) bond motifs is 1. The van der Waals surface area contributed by atoms with Crippen molar-refractivity contribution in [3.05, 3.63) is 91.4 Å². The van der Waals surface area contributed by atoms with Crippen molar-refractivity contribution in [1.29, 1.82) is 0 Å². The molecule has 0 saturated carbocycles. The third-order valence-corrected chi connectivity index (χ3v) is 6.30. The van der Waals surface area contributed by atoms with E-state index in [1.807, 2.05) is 6.07 Å². The molecule has 3 amide bonds. The van der Waals surface area contributed by atoms with Crippen LogP contribution >= 0.6 is 46.4 Å². The van der Waals surface area contributed by atoms with Crippen molar-refractivity contribution in [1.82, 2.24) is 0 Å². The average Bonchev–Trinajstić information content (AvgIpc) is 3.01. The second-order valence-electron chi connectivity index (χ2n) is 6.32. The second-order valence-corrected chi connectivity index (χ2v) is 7.83. The van der Waals surface area contributed by atoms with Gasteiger partial charge in [-0.25, -0.2) is 4.90 Å². The third kappa shape index (κ3) is 3.34. The molecular formula is C21H10Cl4N2O3. The summed E-state index contributed by atoms with van der Waals surface area (Å²) in [7, 11) is 0. The number of carbonyl (C=O) groups is 3. The van der Waals surface area contributed by atoms with Gasteiger partial charge in [-0.3, -0.25) is 14.4 Å². The number of nitrogens with zero attached hydrogens (tertiary/aromatic N) is 1. The first-order valence-corrected chi connectivity index (χ1v) is 10.0. The van der Waals surface area contributed by atoms with Crippen molar-refractivity contribution in [2.75, 3.05) is 10.2 Å². The van der Waals surface area contributed by atoms with Gasteiger partial charge in [0.15, 0.2) is 0 Å². The van der Waals surface area contributed by atoms with Crippen molar-refractivity contribution in [2.24, 2.45) is 0 Å². The molecule has 0 aromatic heterocycles. The van der Waals surface area contributed by atoms with Gasteiger partial charge in [0.1, 0.15) is 0 Å². The number of carbonyl (C=O) groups excluding carboxylic acids is 3. The van der Waals surface area contributed by atoms with Gasteiger partial charge in [-0.05, 0) is 30.3 Å². The highest BCUT2D eigenvalue weighted by Gasteiger charge is 2.42. The monoisotopic (exact) mass is 478 g/mol. The van der Waals surface area contributed by atoms with Crippen LogP contribution in [0, 0.1) is 0 Å². The van der Waals surface area contributed by atoms with E-state index in [0.717, 1.165) is 4.90 Å². The summed E-state index contributed by atoms with van der Waals surface area (Å²) in [5.41, 5.74) is 0.791. The predicted molar refractivity (Wildman–Crippen MR) is 118 cm³/mol. The molecular weight excluding hydrogens is 470 g/mol. The zero-order chi connectivity index (χ0) is 21.6. The maximum absolute atomic E-state index is 13.0. The minimum absolute atomic E-state index is 0.110. The Morgan fingerprint density at radius 2 is 1.30 bits per heavy atom. The van der Waals surface area contributed by atoms with Crippen LogP contribution in [-0.4, -0.2) is 17.7 Å². The molecule has 0 saturated heterocycles. The molecule has 0 spiro atoms. The van der Waals surface area contributed by atoms with E-state index in [9.17, 15) is 14.4 Å². The minimum atomic E-state index is -0.707. The summed E-state index contributed by atoms with van der Waals surface area (Å²) in [5, 5.41) is 2.22. The quantitative estimate of drug-likeness (QED) is 0.270. The number of hydrogen-bond donors (Lipinski definition) is 1. The molecule has 0 radical (unpaired) electrons. The Morgan fingerprint density at radius 3 is 1.87 bits per heavy atom. The van der Waals surface area contributed by atoms with Crippen LogP contribution in [0.2, 0.25) is 20.1 Å². The Morgan fingerprint density at radius 1 is 0.733 bits per heavy atom. The molecule has 30 heavy (non-hydrogen) atoms. The molecule has 0 aliphatic carbocycles. The lowest BCUT2D eigenvalue weighted by Crippen LogP contribution is -2.29. The van der Waals surface area contributed by atoms with Gasteiger partial charge < -0.3 is 5.32 Å². The first-order valence-electron chi connectivity index (χ1n) is 8.52. The molecule has 0 bridgehead atoms. The predicted octanol–water partition coefficient (Wildman–Crippen LogP) is 6.35. The van der Waals surface area contributed by atoms with E-state index in [2.05, 4.69) is 5.32 Å². The molecule has 0 fully saturated rings. The highest BCUT2D eigenvalue weighted by atomic mass is 35.5. The fraction of sp³-hybridized carbons (Fsp3) is 0. The maximum atomic E-state index is 13.0. The van der Waals surface area contributed by atoms with Crippen molar-refractivity contribution in [2.45, 2.75) is 0 Å². The van der Waals surface area contributed by atoms with Gasteiger partial charge in [0.05, 0.1) is 36.9 Å². The first kappa shape index (κ1) is 20.7. The lowest BCUT2D eigenvalue weighted by molar-refractivity contribution is 0.0924. The van der Waals surface area contributed by atoms with Crippen LogP contribution in [0.25, 0.3) is 0 Å². The first-order chi connectivity index (χ1) is 14.3. The van der Waals surface area contributed by atoms with Crippen LogP contribution in [0.5, 0.6) is 0 Å². The number of amides is 3. The van der Waals surface area contributed by atoms with E-state index in [1.54, 1.807) is 36.4 Å². The summed E-state index contributed by atoms with van der Waals surface area (Å²) in [6, 6.07) is 14.9. The smallest absolute Gasteiger partial charge is 0.267 e. The zero-order valence-electron chi connectivity index (χ0n) is 14.9. The number of para-hydroxylation sites is 1. The molecule has 5 nitrogen and oxygen atoms in total. The van der Waals surface area contributed by atoms with Crippen molar-refractivity contribution < 1.29 is 14.4 Å². The third-order valence-electron chi connectivity index (χ3n) is 4.50. The Hall–Kier alpha value is -2.57. The van der Waals surface area contributed by atoms with Gasteiger partial charge in [-0.15, -0.1) is 0 Å². The highest BCUT2D eigenvalue weighted by Crippen LogP contribution is 2.45. The molecule has 1 aliphatic heterocycles. The maximum Gasteiger partial charge on any atom is 0.267 e. The molecule has 0 atom stereocenters. The molecule has 0 unspecified atom stereocenters. The van der Waals surface area contributed by atoms with E-state index in [4.69, 9.17) is 46.4 Å². The normalized spacial score (nSPS) is 12.9. The molecule has 150 valence electrons. The van der Waals surface area contributed by atoms with Crippen LogP contribution in [0.4, 0.5) is 11.4 Å². The summed E-state index contributed by atoms with van der Waals surface area (Å²) in [6.45, 7) is 0. The summed E-state index contributed by atoms with van der Waals surface area (Å²) in [6.07, 6.45) is 0. The number of anilines is 2. The minimum Gasteiger partial charge on any atom is -0.322 e. The Kier molecular flexibility index (Phi) is 5.47. The van der Waals surface area contributed by atoms with E-state index < -0.39 is 17.7 Å². The van der Waals surface area contributed by atoms with Gasteiger partial charge in [-0.2, -0.15) is 0 Å². The Balaban J connectivity index is 1.72. The molecule has 1 N–H and O–H groups in total. The van der Waals surface area contributed by atoms with Crippen molar-refractivity contribution in [3.8, 4) is 0 Å². The topological polar surface area (TPSA) is 66.5 Å². The molecule has 3 aromatic carbocycles. The summed E-state index contributed by atoms with van der Waals surface area (Å²) < 4.78 is 0. The van der Waals surface area contributed by atoms with Crippen LogP contribution in [0.3, 0.4) is 0 Å². The summed E-state index contributed by atoms with van der Waals surface area (Å²) in [4.78, 5) is 39.4. The van der Waals surface area contributed by atoms with E-state index in [0.29, 0.717) is 5.69 Å². The van der Waals surface area contributed by atoms with Gasteiger partial charge >= 0.3 is 0 Å². The highest BCUT2D eigenvalue weighted by molar-refractivity contribution is 6.56. The van der Waals surface area contributed by atoms with Gasteiger partial charge in [0.25, 0.3) is 17.7 Å². The van der Waals surface area contributed by atoms with E-state index >= 15 is 0 Å². The molecule has 1 heterocycles. The number of nitrogens with one attached hydrogen (secondary N) is 1. The standard InChI is InChI=1S/C21H10Cl4N2O3/c22-15-13-14(16(23)18(25)17(15)24)21(30)27(20(13)29)12-8-4-5-10(9-12)19(28)26-11-6-2-1-3-7-11/h1-9H,(H,26,28). The fourth-order valence-electron chi connectivity index (χ4n) is 3.09. The lowest BCUT2D eigenvalue weighted by atomic mass is 10.1. The van der Waals surface area contributed by atoms with Crippen LogP contribution < -0.4 is 10.2 Å². The number of hydrogen-bond acceptors (Lipinski definition) is 3. The lowest BCUT2D eigenvalue weighted by Gasteiger charge is -2.15. The van der Waals surface area contributed by atoms with Crippen molar-refractivity contribution in [3.63, 3.8) is 0 Å². The average molecular weight is 480 g/mol. The number of rotatable bonds is 3. The Bertz CT molecular complexity index is 1180. The fourth-order valence-corrected chi connectivity index (χ4v) is 4.11. The van der Waals surface area contributed by atoms with Crippen LogP contribution in [-0.2, 0) is 0 Å². The number of halogens is 4. The van der Waals surface area contributed by atoms with Gasteiger partial charge in [0.2, 0.25) is 0 Å². The zero-order valence-corrected chi connectivity index (χ0v) is 17.9. The van der Waals surface area contributed by atoms with E-state index in [-0.39, 0.29) is 42.5 Å². The molecule has 3 aromatic rings. The SMILES string of the molecule is O=C(Nc1ccccc1)c1cccc(N2C(=O)c3c(Cl)c(Cl)c(Cl)c(Cl)c3C2=O)c1. The van der Waals surface area contributed by atoms with Crippen molar-refractivity contribution >= 4 is 75.5 Å². The van der Waals surface area contributed by atoms with Crippen LogP contribution in [0.15, 0.2) is 54.6 Å². The van der Waals surface area contributed by atoms with Gasteiger partial charge in [-0.1, -0.05) is 70.7 Å². The summed E-state index contributed by atoms with van der Waals surface area (Å²) >= 11 is 24.4.